The zero-order chi connectivity index (χ0) is 13.9. The van der Waals surface area contributed by atoms with Gasteiger partial charge in [-0.2, -0.15) is 8.42 Å². The fraction of sp³-hybridized carbons (Fsp3) is 0.143. The standard InChI is InChI=1S/C14H14O4S/c15-13(11-7-3-1-4-8-11)14(19(16,17)18)12-9-5-2-6-10-12/h1-10,13-15H,(H,16,17,18)/t13-,14-/m1/s1. The van der Waals surface area contributed by atoms with Gasteiger partial charge in [0.05, 0.1) is 0 Å². The van der Waals surface area contributed by atoms with E-state index >= 15 is 0 Å². The highest BCUT2D eigenvalue weighted by atomic mass is 32.2. The van der Waals surface area contributed by atoms with Crippen LogP contribution in [0, 0.1) is 0 Å². The summed E-state index contributed by atoms with van der Waals surface area (Å²) in [6.07, 6.45) is -1.32. The summed E-state index contributed by atoms with van der Waals surface area (Å²) in [7, 11) is -4.42. The minimum Gasteiger partial charge on any atom is -0.387 e. The summed E-state index contributed by atoms with van der Waals surface area (Å²) < 4.78 is 32.5. The molecule has 4 nitrogen and oxygen atoms in total. The molecule has 5 heteroatoms. The quantitative estimate of drug-likeness (QED) is 0.842. The first-order valence-electron chi connectivity index (χ1n) is 5.74. The third-order valence-electron chi connectivity index (χ3n) is 2.88. The lowest BCUT2D eigenvalue weighted by Gasteiger charge is -2.21. The highest BCUT2D eigenvalue weighted by Gasteiger charge is 2.33. The van der Waals surface area contributed by atoms with Crippen molar-refractivity contribution in [2.45, 2.75) is 11.4 Å². The van der Waals surface area contributed by atoms with Crippen LogP contribution >= 0.6 is 0 Å². The largest absolute Gasteiger partial charge is 0.387 e. The molecule has 0 aliphatic rings. The number of hydrogen-bond acceptors (Lipinski definition) is 3. The van der Waals surface area contributed by atoms with Crippen molar-refractivity contribution >= 4 is 10.1 Å². The average Bonchev–Trinajstić information content (AvgIpc) is 2.39. The van der Waals surface area contributed by atoms with Crippen molar-refractivity contribution in [1.29, 1.82) is 0 Å². The molecule has 0 aliphatic heterocycles. The molecule has 0 radical (unpaired) electrons. The Hall–Kier alpha value is -1.69. The van der Waals surface area contributed by atoms with Crippen LogP contribution in [0.15, 0.2) is 60.7 Å². The lowest BCUT2D eigenvalue weighted by Crippen LogP contribution is -2.20. The highest BCUT2D eigenvalue weighted by Crippen LogP contribution is 2.34. The molecule has 0 aliphatic carbocycles. The van der Waals surface area contributed by atoms with Crippen LogP contribution in [0.1, 0.15) is 22.5 Å². The first-order valence-corrected chi connectivity index (χ1v) is 7.25. The summed E-state index contributed by atoms with van der Waals surface area (Å²) >= 11 is 0. The smallest absolute Gasteiger partial charge is 0.274 e. The first kappa shape index (κ1) is 13.7. The minimum atomic E-state index is -4.42. The predicted octanol–water partition coefficient (Wildman–Crippen LogP) is 2.35. The Bertz CT molecular complexity index is 623. The second-order valence-corrected chi connectivity index (χ2v) is 5.74. The second-order valence-electron chi connectivity index (χ2n) is 4.20. The third-order valence-corrected chi connectivity index (χ3v) is 4.05. The molecule has 2 atom stereocenters. The minimum absolute atomic E-state index is 0.348. The lowest BCUT2D eigenvalue weighted by atomic mass is 10.0. The molecule has 2 aromatic carbocycles. The highest BCUT2D eigenvalue weighted by molar-refractivity contribution is 7.86. The van der Waals surface area contributed by atoms with Crippen LogP contribution in [0.2, 0.25) is 0 Å². The van der Waals surface area contributed by atoms with Crippen LogP contribution < -0.4 is 0 Å². The molecule has 2 aromatic rings. The molecule has 0 saturated heterocycles. The monoisotopic (exact) mass is 278 g/mol. The Kier molecular flexibility index (Phi) is 3.99. The van der Waals surface area contributed by atoms with Gasteiger partial charge in [-0.05, 0) is 11.1 Å². The fourth-order valence-corrected chi connectivity index (χ4v) is 2.97. The van der Waals surface area contributed by atoms with Crippen molar-refractivity contribution in [2.24, 2.45) is 0 Å². The summed E-state index contributed by atoms with van der Waals surface area (Å²) in [6, 6.07) is 16.6. The molecule has 2 N–H and O–H groups in total. The van der Waals surface area contributed by atoms with Crippen molar-refractivity contribution < 1.29 is 18.1 Å². The second kappa shape index (κ2) is 5.52. The summed E-state index contributed by atoms with van der Waals surface area (Å²) in [4.78, 5) is 0. The molecular weight excluding hydrogens is 264 g/mol. The van der Waals surface area contributed by atoms with Crippen LogP contribution in [0.5, 0.6) is 0 Å². The maximum Gasteiger partial charge on any atom is 0.274 e. The summed E-state index contributed by atoms with van der Waals surface area (Å²) in [6.45, 7) is 0. The van der Waals surface area contributed by atoms with Gasteiger partial charge in [-0.1, -0.05) is 60.7 Å². The van der Waals surface area contributed by atoms with Crippen molar-refractivity contribution in [2.75, 3.05) is 0 Å². The van der Waals surface area contributed by atoms with E-state index in [1.165, 1.54) is 0 Å². The van der Waals surface area contributed by atoms with Gasteiger partial charge in [-0.3, -0.25) is 4.55 Å². The van der Waals surface area contributed by atoms with Gasteiger partial charge >= 0.3 is 0 Å². The Balaban J connectivity index is 2.46. The molecule has 100 valence electrons. The van der Waals surface area contributed by atoms with Crippen LogP contribution in [0.3, 0.4) is 0 Å². The summed E-state index contributed by atoms with van der Waals surface area (Å²) in [5, 5.41) is 8.84. The average molecular weight is 278 g/mol. The van der Waals surface area contributed by atoms with E-state index in [0.717, 1.165) is 0 Å². The maximum absolute atomic E-state index is 11.5. The molecule has 0 heterocycles. The maximum atomic E-state index is 11.5. The van der Waals surface area contributed by atoms with E-state index in [0.29, 0.717) is 11.1 Å². The zero-order valence-electron chi connectivity index (χ0n) is 10.0. The summed E-state index contributed by atoms with van der Waals surface area (Å²) in [5.74, 6) is 0. The number of hydrogen-bond donors (Lipinski definition) is 2. The van der Waals surface area contributed by atoms with E-state index in [4.69, 9.17) is 0 Å². The van der Waals surface area contributed by atoms with Gasteiger partial charge in [0.2, 0.25) is 0 Å². The molecule has 0 spiro atoms. The number of benzene rings is 2. The molecule has 0 aromatic heterocycles. The lowest BCUT2D eigenvalue weighted by molar-refractivity contribution is 0.167. The molecule has 0 amide bonds. The van der Waals surface area contributed by atoms with Crippen LogP contribution in [-0.4, -0.2) is 18.1 Å². The molecule has 0 bridgehead atoms. The van der Waals surface area contributed by atoms with Gasteiger partial charge in [-0.15, -0.1) is 0 Å². The van der Waals surface area contributed by atoms with E-state index in [9.17, 15) is 18.1 Å². The van der Waals surface area contributed by atoms with Gasteiger partial charge in [-0.25, -0.2) is 0 Å². The molecule has 0 saturated carbocycles. The molecule has 19 heavy (non-hydrogen) atoms. The van der Waals surface area contributed by atoms with Crippen molar-refractivity contribution in [3.63, 3.8) is 0 Å². The Morgan fingerprint density at radius 1 is 0.789 bits per heavy atom. The molecule has 2 rings (SSSR count). The van der Waals surface area contributed by atoms with Gasteiger partial charge < -0.3 is 5.11 Å². The van der Waals surface area contributed by atoms with E-state index < -0.39 is 21.5 Å². The fourth-order valence-electron chi connectivity index (χ4n) is 1.98. The van der Waals surface area contributed by atoms with Crippen molar-refractivity contribution in [3.8, 4) is 0 Å². The van der Waals surface area contributed by atoms with E-state index in [1.54, 1.807) is 60.7 Å². The summed E-state index contributed by atoms with van der Waals surface area (Å²) in [5.41, 5.74) is 0.787. The van der Waals surface area contributed by atoms with Gasteiger partial charge in [0.25, 0.3) is 10.1 Å². The zero-order valence-corrected chi connectivity index (χ0v) is 10.9. The van der Waals surface area contributed by atoms with Gasteiger partial charge in [0, 0.05) is 0 Å². The van der Waals surface area contributed by atoms with Crippen LogP contribution in [0.4, 0.5) is 0 Å². The number of aliphatic hydroxyl groups is 1. The van der Waals surface area contributed by atoms with Crippen molar-refractivity contribution in [3.05, 3.63) is 71.8 Å². The normalized spacial score (nSPS) is 14.8. The number of rotatable bonds is 4. The van der Waals surface area contributed by atoms with Crippen molar-refractivity contribution in [1.82, 2.24) is 0 Å². The Morgan fingerprint density at radius 2 is 1.21 bits per heavy atom. The van der Waals surface area contributed by atoms with Crippen LogP contribution in [0.25, 0.3) is 0 Å². The molecule has 0 unspecified atom stereocenters. The topological polar surface area (TPSA) is 74.6 Å². The van der Waals surface area contributed by atoms with E-state index in [-0.39, 0.29) is 0 Å². The Morgan fingerprint density at radius 3 is 1.63 bits per heavy atom. The third kappa shape index (κ3) is 3.20. The number of aliphatic hydroxyl groups excluding tert-OH is 1. The van der Waals surface area contributed by atoms with Crippen LogP contribution in [-0.2, 0) is 10.1 Å². The van der Waals surface area contributed by atoms with E-state index in [1.807, 2.05) is 0 Å². The molecular formula is C14H14O4S. The molecule has 0 fully saturated rings. The van der Waals surface area contributed by atoms with Gasteiger partial charge in [0.1, 0.15) is 11.4 Å². The van der Waals surface area contributed by atoms with E-state index in [2.05, 4.69) is 0 Å². The van der Waals surface area contributed by atoms with Gasteiger partial charge in [0.15, 0.2) is 0 Å². The SMILES string of the molecule is O=S(=O)(O)[C@H](c1ccccc1)[C@H](O)c1ccccc1. The Labute approximate surface area is 112 Å². The predicted molar refractivity (Wildman–Crippen MR) is 72.1 cm³/mol. The first-order chi connectivity index (χ1) is 9.00.